The Morgan fingerprint density at radius 3 is 2.60 bits per heavy atom. The normalized spacial score (nSPS) is 33.7. The minimum Gasteiger partial charge on any atom is -0.481 e. The molecular weight excluding hydrogens is 190 g/mol. The molecule has 2 atom stereocenters. The monoisotopic (exact) mass is 211 g/mol. The summed E-state index contributed by atoms with van der Waals surface area (Å²) in [7, 11) is 0. The molecule has 1 aliphatic heterocycles. The second-order valence-electron chi connectivity index (χ2n) is 5.27. The summed E-state index contributed by atoms with van der Waals surface area (Å²) in [6.07, 6.45) is 5.00. The second-order valence-corrected chi connectivity index (χ2v) is 5.27. The molecule has 0 amide bonds. The maximum absolute atomic E-state index is 10.9. The van der Waals surface area contributed by atoms with Crippen molar-refractivity contribution in [3.05, 3.63) is 0 Å². The molecule has 0 aromatic heterocycles. The molecule has 2 unspecified atom stereocenters. The Hall–Kier alpha value is -0.570. The predicted octanol–water partition coefficient (Wildman–Crippen LogP) is 1.83. The number of likely N-dealkylation sites (tertiary alicyclic amines) is 1. The van der Waals surface area contributed by atoms with E-state index in [1.807, 2.05) is 0 Å². The van der Waals surface area contributed by atoms with E-state index < -0.39 is 5.97 Å². The van der Waals surface area contributed by atoms with Crippen molar-refractivity contribution in [2.45, 2.75) is 32.6 Å². The van der Waals surface area contributed by atoms with Crippen molar-refractivity contribution < 1.29 is 9.90 Å². The van der Waals surface area contributed by atoms with Gasteiger partial charge in [0.1, 0.15) is 0 Å². The van der Waals surface area contributed by atoms with Gasteiger partial charge in [-0.05, 0) is 37.6 Å². The Balaban J connectivity index is 1.79. The van der Waals surface area contributed by atoms with Crippen LogP contribution in [0.2, 0.25) is 0 Å². The number of hydrogen-bond acceptors (Lipinski definition) is 2. The Morgan fingerprint density at radius 2 is 2.13 bits per heavy atom. The molecule has 0 spiro atoms. The van der Waals surface area contributed by atoms with Crippen LogP contribution in [0.3, 0.4) is 0 Å². The quantitative estimate of drug-likeness (QED) is 0.774. The van der Waals surface area contributed by atoms with E-state index in [0.717, 1.165) is 25.4 Å². The molecule has 2 aliphatic rings. The number of nitrogens with zero attached hydrogens (tertiary/aromatic N) is 1. The molecule has 1 N–H and O–H groups in total. The first-order valence-corrected chi connectivity index (χ1v) is 6.12. The number of carboxylic acid groups (broad SMARTS) is 1. The van der Waals surface area contributed by atoms with E-state index in [2.05, 4.69) is 11.8 Å². The van der Waals surface area contributed by atoms with Crippen LogP contribution in [0.15, 0.2) is 0 Å². The van der Waals surface area contributed by atoms with Gasteiger partial charge in [0.05, 0.1) is 5.92 Å². The van der Waals surface area contributed by atoms with Gasteiger partial charge in [-0.2, -0.15) is 0 Å². The minimum absolute atomic E-state index is 0.109. The van der Waals surface area contributed by atoms with Gasteiger partial charge in [0.25, 0.3) is 0 Å². The van der Waals surface area contributed by atoms with Gasteiger partial charge in [-0.25, -0.2) is 0 Å². The van der Waals surface area contributed by atoms with Gasteiger partial charge in [-0.1, -0.05) is 13.3 Å². The summed E-state index contributed by atoms with van der Waals surface area (Å²) in [4.78, 5) is 13.4. The van der Waals surface area contributed by atoms with Gasteiger partial charge in [0.2, 0.25) is 0 Å². The van der Waals surface area contributed by atoms with Crippen LogP contribution in [0.1, 0.15) is 32.6 Å². The number of piperidine rings is 1. The van der Waals surface area contributed by atoms with E-state index in [0.29, 0.717) is 5.92 Å². The summed E-state index contributed by atoms with van der Waals surface area (Å²) in [5.41, 5.74) is 0. The molecule has 15 heavy (non-hydrogen) atoms. The molecule has 3 nitrogen and oxygen atoms in total. The highest BCUT2D eigenvalue weighted by atomic mass is 16.4. The molecule has 0 aromatic rings. The standard InChI is InChI=1S/C12H21NO2/c1-9-7-13(8-10-3-2-4-10)6-5-11(9)12(14)15/h9-11H,2-8H2,1H3,(H,14,15). The van der Waals surface area contributed by atoms with Crippen molar-refractivity contribution in [2.75, 3.05) is 19.6 Å². The van der Waals surface area contributed by atoms with E-state index in [1.165, 1.54) is 25.8 Å². The van der Waals surface area contributed by atoms with Crippen LogP contribution in [-0.2, 0) is 4.79 Å². The van der Waals surface area contributed by atoms with Crippen LogP contribution in [-0.4, -0.2) is 35.6 Å². The van der Waals surface area contributed by atoms with Gasteiger partial charge in [0.15, 0.2) is 0 Å². The summed E-state index contributed by atoms with van der Waals surface area (Å²) in [5, 5.41) is 9.02. The molecule has 0 radical (unpaired) electrons. The van der Waals surface area contributed by atoms with Gasteiger partial charge >= 0.3 is 5.97 Å². The lowest BCUT2D eigenvalue weighted by Crippen LogP contribution is -2.44. The summed E-state index contributed by atoms with van der Waals surface area (Å²) < 4.78 is 0. The first kappa shape index (κ1) is 10.9. The fourth-order valence-corrected chi connectivity index (χ4v) is 2.81. The van der Waals surface area contributed by atoms with Crippen LogP contribution < -0.4 is 0 Å². The first-order chi connectivity index (χ1) is 7.16. The Bertz CT molecular complexity index is 238. The molecule has 86 valence electrons. The van der Waals surface area contributed by atoms with Crippen molar-refractivity contribution in [1.82, 2.24) is 4.90 Å². The van der Waals surface area contributed by atoms with E-state index in [1.54, 1.807) is 0 Å². The summed E-state index contributed by atoms with van der Waals surface area (Å²) in [5.74, 6) is 0.503. The molecule has 1 aliphatic carbocycles. The topological polar surface area (TPSA) is 40.5 Å². The van der Waals surface area contributed by atoms with Gasteiger partial charge < -0.3 is 10.0 Å². The number of carboxylic acids is 1. The zero-order valence-corrected chi connectivity index (χ0v) is 9.48. The molecular formula is C12H21NO2. The molecule has 0 aromatic carbocycles. The zero-order valence-electron chi connectivity index (χ0n) is 9.48. The highest BCUT2D eigenvalue weighted by molar-refractivity contribution is 5.70. The highest BCUT2D eigenvalue weighted by Gasteiger charge is 2.32. The van der Waals surface area contributed by atoms with Gasteiger partial charge in [-0.15, -0.1) is 0 Å². The van der Waals surface area contributed by atoms with E-state index in [-0.39, 0.29) is 5.92 Å². The highest BCUT2D eigenvalue weighted by Crippen LogP contribution is 2.30. The van der Waals surface area contributed by atoms with Crippen molar-refractivity contribution >= 4 is 5.97 Å². The van der Waals surface area contributed by atoms with E-state index >= 15 is 0 Å². The average Bonchev–Trinajstić information content (AvgIpc) is 2.11. The number of rotatable bonds is 3. The molecule has 3 heteroatoms. The third kappa shape index (κ3) is 2.51. The Morgan fingerprint density at radius 1 is 1.40 bits per heavy atom. The third-order valence-electron chi connectivity index (χ3n) is 4.05. The zero-order chi connectivity index (χ0) is 10.8. The average molecular weight is 211 g/mol. The summed E-state index contributed by atoms with van der Waals surface area (Å²) in [6, 6.07) is 0. The SMILES string of the molecule is CC1CN(CC2CCC2)CCC1C(=O)O. The Labute approximate surface area is 91.5 Å². The molecule has 2 fully saturated rings. The summed E-state index contributed by atoms with van der Waals surface area (Å²) >= 11 is 0. The molecule has 2 rings (SSSR count). The lowest BCUT2D eigenvalue weighted by Gasteiger charge is -2.38. The van der Waals surface area contributed by atoms with Gasteiger partial charge in [0, 0.05) is 13.1 Å². The number of aliphatic carboxylic acids is 1. The molecule has 1 saturated heterocycles. The first-order valence-electron chi connectivity index (χ1n) is 6.12. The smallest absolute Gasteiger partial charge is 0.306 e. The van der Waals surface area contributed by atoms with Crippen LogP contribution in [0.25, 0.3) is 0 Å². The van der Waals surface area contributed by atoms with Gasteiger partial charge in [-0.3, -0.25) is 4.79 Å². The number of hydrogen-bond donors (Lipinski definition) is 1. The maximum atomic E-state index is 10.9. The predicted molar refractivity (Wildman–Crippen MR) is 58.7 cm³/mol. The van der Waals surface area contributed by atoms with Crippen LogP contribution in [0.5, 0.6) is 0 Å². The minimum atomic E-state index is -0.606. The fraction of sp³-hybridized carbons (Fsp3) is 0.917. The van der Waals surface area contributed by atoms with Crippen molar-refractivity contribution in [1.29, 1.82) is 0 Å². The Kier molecular flexibility index (Phi) is 3.29. The van der Waals surface area contributed by atoms with Crippen LogP contribution >= 0.6 is 0 Å². The largest absolute Gasteiger partial charge is 0.481 e. The lowest BCUT2D eigenvalue weighted by molar-refractivity contribution is -0.145. The molecule has 0 bridgehead atoms. The second kappa shape index (κ2) is 4.52. The molecule has 1 heterocycles. The van der Waals surface area contributed by atoms with Crippen molar-refractivity contribution in [3.63, 3.8) is 0 Å². The lowest BCUT2D eigenvalue weighted by atomic mass is 9.82. The summed E-state index contributed by atoms with van der Waals surface area (Å²) in [6.45, 7) is 5.24. The maximum Gasteiger partial charge on any atom is 0.306 e. The fourth-order valence-electron chi connectivity index (χ4n) is 2.81. The third-order valence-corrected chi connectivity index (χ3v) is 4.05. The molecule has 1 saturated carbocycles. The van der Waals surface area contributed by atoms with E-state index in [9.17, 15) is 4.79 Å². The van der Waals surface area contributed by atoms with Crippen LogP contribution in [0, 0.1) is 17.8 Å². The van der Waals surface area contributed by atoms with Crippen molar-refractivity contribution in [3.8, 4) is 0 Å². The van der Waals surface area contributed by atoms with Crippen molar-refractivity contribution in [2.24, 2.45) is 17.8 Å². The van der Waals surface area contributed by atoms with E-state index in [4.69, 9.17) is 5.11 Å². The van der Waals surface area contributed by atoms with Crippen LogP contribution in [0.4, 0.5) is 0 Å². The number of carbonyl (C=O) groups is 1.